The number of carbonyl (C=O) groups is 1. The molecule has 7 heteroatoms. The Balaban J connectivity index is 1.96. The van der Waals surface area contributed by atoms with Crippen molar-refractivity contribution in [3.05, 3.63) is 18.2 Å². The highest BCUT2D eigenvalue weighted by atomic mass is 16.7. The fourth-order valence-corrected chi connectivity index (χ4v) is 1.60. The van der Waals surface area contributed by atoms with Gasteiger partial charge in [0.1, 0.15) is 11.5 Å². The molecule has 1 fully saturated rings. The highest BCUT2D eigenvalue weighted by molar-refractivity contribution is 5.81. The third-order valence-corrected chi connectivity index (χ3v) is 2.56. The second kappa shape index (κ2) is 6.26. The van der Waals surface area contributed by atoms with Crippen LogP contribution < -0.4 is 20.3 Å². The van der Waals surface area contributed by atoms with Crippen molar-refractivity contribution in [3.63, 3.8) is 0 Å². The maximum atomic E-state index is 11.7. The van der Waals surface area contributed by atoms with Crippen LogP contribution >= 0.6 is 0 Å². The number of hydrogen-bond acceptors (Lipinski definition) is 6. The van der Waals surface area contributed by atoms with Crippen LogP contribution in [0.25, 0.3) is 0 Å². The summed E-state index contributed by atoms with van der Waals surface area (Å²) in [6, 6.07) is 5.19. The highest BCUT2D eigenvalue weighted by Gasteiger charge is 2.24. The number of ether oxygens (including phenoxy) is 4. The van der Waals surface area contributed by atoms with Gasteiger partial charge in [-0.25, -0.2) is 0 Å². The van der Waals surface area contributed by atoms with Gasteiger partial charge < -0.3 is 18.9 Å². The van der Waals surface area contributed by atoms with E-state index in [4.69, 9.17) is 18.9 Å². The maximum absolute atomic E-state index is 11.7. The van der Waals surface area contributed by atoms with Crippen molar-refractivity contribution in [1.82, 2.24) is 5.43 Å². The second-order valence-corrected chi connectivity index (χ2v) is 3.75. The van der Waals surface area contributed by atoms with Crippen molar-refractivity contribution >= 4 is 11.6 Å². The van der Waals surface area contributed by atoms with Crippen LogP contribution in [-0.4, -0.2) is 39.6 Å². The van der Waals surface area contributed by atoms with E-state index in [-0.39, 0.29) is 0 Å². The lowest BCUT2D eigenvalue weighted by Crippen LogP contribution is -2.38. The van der Waals surface area contributed by atoms with Crippen molar-refractivity contribution in [2.75, 3.05) is 32.9 Å². The van der Waals surface area contributed by atoms with E-state index in [1.165, 1.54) is 7.11 Å². The zero-order valence-corrected chi connectivity index (χ0v) is 10.8. The fourth-order valence-electron chi connectivity index (χ4n) is 1.60. The van der Waals surface area contributed by atoms with E-state index in [0.29, 0.717) is 30.4 Å². The van der Waals surface area contributed by atoms with Crippen LogP contribution in [0.4, 0.5) is 5.69 Å². The zero-order chi connectivity index (χ0) is 13.7. The molecule has 1 aliphatic rings. The molecule has 0 aliphatic carbocycles. The molecule has 1 aromatic carbocycles. The lowest BCUT2D eigenvalue weighted by Gasteiger charge is -2.14. The Labute approximate surface area is 110 Å². The first-order valence-electron chi connectivity index (χ1n) is 5.75. The number of rotatable bonds is 5. The quantitative estimate of drug-likeness (QED) is 0.758. The summed E-state index contributed by atoms with van der Waals surface area (Å²) in [7, 11) is 3.10. The minimum Gasteiger partial charge on any atom is -0.497 e. The van der Waals surface area contributed by atoms with Gasteiger partial charge in [0.15, 0.2) is 0 Å². The second-order valence-electron chi connectivity index (χ2n) is 3.75. The first-order chi connectivity index (χ1) is 9.24. The molecule has 0 saturated carbocycles. The summed E-state index contributed by atoms with van der Waals surface area (Å²) in [6.07, 6.45) is -0.864. The Morgan fingerprint density at radius 2 is 2.00 bits per heavy atom. The number of anilines is 1. The number of methoxy groups -OCH3 is 2. The summed E-state index contributed by atoms with van der Waals surface area (Å²) in [4.78, 5) is 11.7. The van der Waals surface area contributed by atoms with Crippen molar-refractivity contribution in [2.24, 2.45) is 0 Å². The van der Waals surface area contributed by atoms with E-state index in [1.54, 1.807) is 25.3 Å². The zero-order valence-electron chi connectivity index (χ0n) is 10.8. The van der Waals surface area contributed by atoms with Crippen molar-refractivity contribution in [3.8, 4) is 11.5 Å². The molecule has 1 saturated heterocycles. The van der Waals surface area contributed by atoms with Crippen LogP contribution in [0.2, 0.25) is 0 Å². The standard InChI is InChI=1S/C12H16N2O5/c1-16-8-3-4-9(10(7-8)17-2)13-14-11(15)12-18-5-6-19-12/h3-4,7,12-13H,5-6H2,1-2H3,(H,14,15). The molecular weight excluding hydrogens is 252 g/mol. The molecule has 0 radical (unpaired) electrons. The Morgan fingerprint density at radius 3 is 2.63 bits per heavy atom. The van der Waals surface area contributed by atoms with Gasteiger partial charge in [0.05, 0.1) is 33.1 Å². The topological polar surface area (TPSA) is 78.1 Å². The Bertz CT molecular complexity index is 446. The molecule has 0 spiro atoms. The van der Waals surface area contributed by atoms with Crippen molar-refractivity contribution < 1.29 is 23.7 Å². The predicted octanol–water partition coefficient (Wildman–Crippen LogP) is 0.520. The summed E-state index contributed by atoms with van der Waals surface area (Å²) >= 11 is 0. The van der Waals surface area contributed by atoms with Gasteiger partial charge in [-0.2, -0.15) is 0 Å². The summed E-state index contributed by atoms with van der Waals surface area (Å²) in [5, 5.41) is 0. The van der Waals surface area contributed by atoms with Crippen molar-refractivity contribution in [1.29, 1.82) is 0 Å². The van der Waals surface area contributed by atoms with Crippen LogP contribution in [0, 0.1) is 0 Å². The number of hydrogen-bond donors (Lipinski definition) is 2. The average molecular weight is 268 g/mol. The van der Waals surface area contributed by atoms with Gasteiger partial charge in [0.25, 0.3) is 5.91 Å². The van der Waals surface area contributed by atoms with Gasteiger partial charge in [0.2, 0.25) is 6.29 Å². The van der Waals surface area contributed by atoms with Crippen LogP contribution in [0.1, 0.15) is 0 Å². The molecule has 7 nitrogen and oxygen atoms in total. The SMILES string of the molecule is COc1ccc(NNC(=O)C2OCCO2)c(OC)c1. The molecule has 2 rings (SSSR count). The minimum atomic E-state index is -0.864. The molecule has 19 heavy (non-hydrogen) atoms. The van der Waals surface area contributed by atoms with E-state index in [9.17, 15) is 4.79 Å². The van der Waals surface area contributed by atoms with E-state index in [2.05, 4.69) is 10.9 Å². The Hall–Kier alpha value is -1.99. The van der Waals surface area contributed by atoms with Gasteiger partial charge in [-0.05, 0) is 12.1 Å². The molecule has 104 valence electrons. The first kappa shape index (κ1) is 13.4. The number of amides is 1. The molecular formula is C12H16N2O5. The van der Waals surface area contributed by atoms with Crippen LogP contribution in [0.5, 0.6) is 11.5 Å². The van der Waals surface area contributed by atoms with Gasteiger partial charge in [-0.3, -0.25) is 15.6 Å². The first-order valence-corrected chi connectivity index (χ1v) is 5.75. The van der Waals surface area contributed by atoms with Crippen LogP contribution in [-0.2, 0) is 14.3 Å². The minimum absolute atomic E-state index is 0.393. The molecule has 0 atom stereocenters. The number of nitrogens with one attached hydrogen (secondary N) is 2. The summed E-state index contributed by atoms with van der Waals surface area (Å²) < 4.78 is 20.4. The molecule has 2 N–H and O–H groups in total. The Kier molecular flexibility index (Phi) is 4.43. The lowest BCUT2D eigenvalue weighted by atomic mass is 10.3. The van der Waals surface area contributed by atoms with Gasteiger partial charge in [-0.1, -0.05) is 0 Å². The molecule has 0 unspecified atom stereocenters. The predicted molar refractivity (Wildman–Crippen MR) is 67.0 cm³/mol. The molecule has 0 aromatic heterocycles. The monoisotopic (exact) mass is 268 g/mol. The maximum Gasteiger partial charge on any atom is 0.295 e. The number of benzene rings is 1. The van der Waals surface area contributed by atoms with Gasteiger partial charge in [-0.15, -0.1) is 0 Å². The fraction of sp³-hybridized carbons (Fsp3) is 0.417. The lowest BCUT2D eigenvalue weighted by molar-refractivity contribution is -0.146. The normalized spacial score (nSPS) is 15.1. The Morgan fingerprint density at radius 1 is 1.26 bits per heavy atom. The third-order valence-electron chi connectivity index (χ3n) is 2.56. The molecule has 1 heterocycles. The average Bonchev–Trinajstić information content (AvgIpc) is 2.98. The van der Waals surface area contributed by atoms with Crippen molar-refractivity contribution in [2.45, 2.75) is 6.29 Å². The molecule has 1 amide bonds. The molecule has 1 aliphatic heterocycles. The van der Waals surface area contributed by atoms with E-state index in [0.717, 1.165) is 0 Å². The third kappa shape index (κ3) is 3.27. The van der Waals surface area contributed by atoms with E-state index >= 15 is 0 Å². The smallest absolute Gasteiger partial charge is 0.295 e. The van der Waals surface area contributed by atoms with Gasteiger partial charge in [0, 0.05) is 6.07 Å². The summed E-state index contributed by atoms with van der Waals surface area (Å²) in [5.74, 6) is 0.819. The summed E-state index contributed by atoms with van der Waals surface area (Å²) in [6.45, 7) is 0.841. The number of hydrazine groups is 1. The van der Waals surface area contributed by atoms with Crippen LogP contribution in [0.3, 0.4) is 0 Å². The van der Waals surface area contributed by atoms with E-state index < -0.39 is 12.2 Å². The van der Waals surface area contributed by atoms with Crippen LogP contribution in [0.15, 0.2) is 18.2 Å². The van der Waals surface area contributed by atoms with Gasteiger partial charge >= 0.3 is 0 Å². The summed E-state index contributed by atoms with van der Waals surface area (Å²) in [5.41, 5.74) is 5.85. The van der Waals surface area contributed by atoms with E-state index in [1.807, 2.05) is 0 Å². The molecule has 0 bridgehead atoms. The molecule has 1 aromatic rings. The number of carbonyl (C=O) groups excluding carboxylic acids is 1. The largest absolute Gasteiger partial charge is 0.497 e. The highest BCUT2D eigenvalue weighted by Crippen LogP contribution is 2.28.